The van der Waals surface area contributed by atoms with E-state index >= 15 is 0 Å². The molecule has 2 aromatic rings. The number of nitrogens with one attached hydrogen (secondary N) is 2. The number of carbonyl (C=O) groups excluding carboxylic acids is 2. The number of H-pyrrole nitrogens is 1. The quantitative estimate of drug-likeness (QED) is 0.695. The van der Waals surface area contributed by atoms with E-state index in [1.165, 1.54) is 6.07 Å². The number of fused-ring (bicyclic) bond motifs is 1. The highest BCUT2D eigenvalue weighted by atomic mass is 19.2. The number of aromatic amines is 1. The van der Waals surface area contributed by atoms with Crippen LogP contribution in [0.1, 0.15) is 60.2 Å². The molecule has 0 aliphatic carbocycles. The number of amides is 2. The summed E-state index contributed by atoms with van der Waals surface area (Å²) in [5.74, 6) is -1.81. The molecule has 1 saturated heterocycles. The third kappa shape index (κ3) is 5.28. The van der Waals surface area contributed by atoms with Crippen molar-refractivity contribution >= 4 is 23.2 Å². The summed E-state index contributed by atoms with van der Waals surface area (Å²) >= 11 is 0. The largest absolute Gasteiger partial charge is 0.444 e. The van der Waals surface area contributed by atoms with E-state index in [4.69, 9.17) is 9.47 Å². The van der Waals surface area contributed by atoms with Crippen molar-refractivity contribution in [3.8, 4) is 0 Å². The fourth-order valence-corrected chi connectivity index (χ4v) is 3.56. The van der Waals surface area contributed by atoms with Crippen LogP contribution in [0.15, 0.2) is 12.1 Å². The Labute approximate surface area is 185 Å². The van der Waals surface area contributed by atoms with Gasteiger partial charge in [-0.15, -0.1) is 0 Å². The number of imidazole rings is 1. The molecule has 0 spiro atoms. The van der Waals surface area contributed by atoms with Gasteiger partial charge >= 0.3 is 12.2 Å². The van der Waals surface area contributed by atoms with Crippen LogP contribution < -0.4 is 5.32 Å². The minimum absolute atomic E-state index is 0.153. The number of benzene rings is 1. The molecule has 2 heterocycles. The lowest BCUT2D eigenvalue weighted by molar-refractivity contribution is 0.0107. The first-order valence-corrected chi connectivity index (χ1v) is 10.5. The lowest BCUT2D eigenvalue weighted by atomic mass is 9.86. The first-order valence-electron chi connectivity index (χ1n) is 10.5. The Kier molecular flexibility index (Phi) is 6.10. The standard InChI is InChI=1S/C22H30F2N4O4/c1-20(2,3)31-18(29)27-22(9-11-28(12-10-22)19(30)32-21(4,5)6)17-25-14-8-7-13(23)15(24)16(14)26-17/h7-8H,9-12H2,1-6H3,(H,25,26)(H,27,29). The zero-order chi connectivity index (χ0) is 23.9. The Bertz CT molecular complexity index is 1020. The third-order valence-corrected chi connectivity index (χ3v) is 5.01. The number of halogens is 2. The molecule has 0 atom stereocenters. The molecule has 176 valence electrons. The fourth-order valence-electron chi connectivity index (χ4n) is 3.56. The average Bonchev–Trinajstić information content (AvgIpc) is 3.08. The van der Waals surface area contributed by atoms with Crippen LogP contribution in [-0.4, -0.2) is 51.3 Å². The SMILES string of the molecule is CC(C)(C)OC(=O)NC1(c2nc3c(F)c(F)ccc3[nH]2)CCN(C(=O)OC(C)(C)C)CC1. The smallest absolute Gasteiger partial charge is 0.410 e. The van der Waals surface area contributed by atoms with Crippen molar-refractivity contribution in [2.24, 2.45) is 0 Å². The van der Waals surface area contributed by atoms with Gasteiger partial charge in [0, 0.05) is 13.1 Å². The van der Waals surface area contributed by atoms with Gasteiger partial charge in [0.2, 0.25) is 0 Å². The van der Waals surface area contributed by atoms with Crippen molar-refractivity contribution < 1.29 is 27.8 Å². The molecule has 2 N–H and O–H groups in total. The molecule has 32 heavy (non-hydrogen) atoms. The summed E-state index contributed by atoms with van der Waals surface area (Å²) in [5.41, 5.74) is -2.28. The molecule has 0 bridgehead atoms. The van der Waals surface area contributed by atoms with Gasteiger partial charge in [0.1, 0.15) is 28.1 Å². The second kappa shape index (κ2) is 8.22. The molecule has 2 amide bonds. The molecule has 1 aromatic carbocycles. The lowest BCUT2D eigenvalue weighted by Crippen LogP contribution is -2.55. The molecule has 1 fully saturated rings. The maximum atomic E-state index is 14.3. The van der Waals surface area contributed by atoms with Gasteiger partial charge in [-0.3, -0.25) is 0 Å². The normalized spacial score (nSPS) is 16.7. The number of piperidine rings is 1. The van der Waals surface area contributed by atoms with Crippen LogP contribution in [0.5, 0.6) is 0 Å². The van der Waals surface area contributed by atoms with Gasteiger partial charge in [-0.1, -0.05) is 0 Å². The molecular weight excluding hydrogens is 422 g/mol. The summed E-state index contributed by atoms with van der Waals surface area (Å²) in [6.07, 6.45) is -0.582. The van der Waals surface area contributed by atoms with Crippen molar-refractivity contribution in [1.29, 1.82) is 0 Å². The number of ether oxygens (including phenoxy) is 2. The second-order valence-electron chi connectivity index (χ2n) is 10.0. The van der Waals surface area contributed by atoms with E-state index in [-0.39, 0.29) is 37.3 Å². The van der Waals surface area contributed by atoms with Crippen LogP contribution in [0, 0.1) is 11.6 Å². The van der Waals surface area contributed by atoms with Gasteiger partial charge in [0.25, 0.3) is 0 Å². The number of nitrogens with zero attached hydrogens (tertiary/aromatic N) is 2. The number of hydrogen-bond acceptors (Lipinski definition) is 5. The summed E-state index contributed by atoms with van der Waals surface area (Å²) in [6, 6.07) is 2.40. The van der Waals surface area contributed by atoms with E-state index < -0.39 is 40.6 Å². The van der Waals surface area contributed by atoms with E-state index in [2.05, 4.69) is 15.3 Å². The van der Waals surface area contributed by atoms with Crippen LogP contribution in [0.25, 0.3) is 11.0 Å². The van der Waals surface area contributed by atoms with Gasteiger partial charge in [0.05, 0.1) is 5.52 Å². The van der Waals surface area contributed by atoms with E-state index in [0.717, 1.165) is 6.07 Å². The van der Waals surface area contributed by atoms with Crippen LogP contribution in [-0.2, 0) is 15.0 Å². The summed E-state index contributed by atoms with van der Waals surface area (Å²) < 4.78 is 38.8. The average molecular weight is 453 g/mol. The number of alkyl carbamates (subject to hydrolysis) is 1. The van der Waals surface area contributed by atoms with E-state index in [1.807, 2.05) is 0 Å². The third-order valence-electron chi connectivity index (χ3n) is 5.01. The van der Waals surface area contributed by atoms with Crippen molar-refractivity contribution in [3.05, 3.63) is 29.6 Å². The highest BCUT2D eigenvalue weighted by molar-refractivity contribution is 5.77. The molecule has 10 heteroatoms. The number of aromatic nitrogens is 2. The van der Waals surface area contributed by atoms with Crippen molar-refractivity contribution in [2.45, 2.75) is 71.1 Å². The predicted octanol–water partition coefficient (Wildman–Crippen LogP) is 4.59. The molecule has 1 aromatic heterocycles. The molecule has 0 unspecified atom stereocenters. The molecule has 3 rings (SSSR count). The number of hydrogen-bond donors (Lipinski definition) is 2. The van der Waals surface area contributed by atoms with Gasteiger partial charge in [-0.2, -0.15) is 0 Å². The Morgan fingerprint density at radius 3 is 2.22 bits per heavy atom. The van der Waals surface area contributed by atoms with Crippen molar-refractivity contribution in [1.82, 2.24) is 20.2 Å². The van der Waals surface area contributed by atoms with Gasteiger partial charge in [-0.25, -0.2) is 23.4 Å². The van der Waals surface area contributed by atoms with E-state index in [0.29, 0.717) is 5.52 Å². The van der Waals surface area contributed by atoms with Crippen LogP contribution in [0.3, 0.4) is 0 Å². The summed E-state index contributed by atoms with van der Waals surface area (Å²) in [4.78, 5) is 33.9. The minimum Gasteiger partial charge on any atom is -0.444 e. The molecule has 0 saturated carbocycles. The summed E-state index contributed by atoms with van der Waals surface area (Å²) in [6.45, 7) is 11.1. The summed E-state index contributed by atoms with van der Waals surface area (Å²) in [5, 5.41) is 2.86. The zero-order valence-corrected chi connectivity index (χ0v) is 19.3. The summed E-state index contributed by atoms with van der Waals surface area (Å²) in [7, 11) is 0. The topological polar surface area (TPSA) is 96.5 Å². The first kappa shape index (κ1) is 23.7. The van der Waals surface area contributed by atoms with E-state index in [9.17, 15) is 18.4 Å². The van der Waals surface area contributed by atoms with Gasteiger partial charge < -0.3 is 24.7 Å². The Morgan fingerprint density at radius 1 is 1.06 bits per heavy atom. The Morgan fingerprint density at radius 2 is 1.66 bits per heavy atom. The second-order valence-corrected chi connectivity index (χ2v) is 10.0. The minimum atomic E-state index is -1.07. The highest BCUT2D eigenvalue weighted by Crippen LogP contribution is 2.34. The predicted molar refractivity (Wildman–Crippen MR) is 114 cm³/mol. The maximum Gasteiger partial charge on any atom is 0.410 e. The number of carbonyl (C=O) groups is 2. The number of rotatable bonds is 2. The monoisotopic (exact) mass is 452 g/mol. The molecule has 0 radical (unpaired) electrons. The van der Waals surface area contributed by atoms with Gasteiger partial charge in [0.15, 0.2) is 11.6 Å². The molecule has 8 nitrogen and oxygen atoms in total. The fraction of sp³-hybridized carbons (Fsp3) is 0.591. The Balaban J connectivity index is 1.91. The molecule has 1 aliphatic heterocycles. The first-order chi connectivity index (χ1) is 14.7. The highest BCUT2D eigenvalue weighted by Gasteiger charge is 2.43. The maximum absolute atomic E-state index is 14.3. The molecular formula is C22H30F2N4O4. The van der Waals surface area contributed by atoms with Crippen LogP contribution >= 0.6 is 0 Å². The van der Waals surface area contributed by atoms with Crippen molar-refractivity contribution in [2.75, 3.05) is 13.1 Å². The van der Waals surface area contributed by atoms with E-state index in [1.54, 1.807) is 46.4 Å². The van der Waals surface area contributed by atoms with Crippen LogP contribution in [0.4, 0.5) is 18.4 Å². The Hall–Kier alpha value is -2.91. The van der Waals surface area contributed by atoms with Crippen molar-refractivity contribution in [3.63, 3.8) is 0 Å². The molecule has 1 aliphatic rings. The number of likely N-dealkylation sites (tertiary alicyclic amines) is 1. The van der Waals surface area contributed by atoms with Gasteiger partial charge in [-0.05, 0) is 66.5 Å². The lowest BCUT2D eigenvalue weighted by Gasteiger charge is -2.41. The van der Waals surface area contributed by atoms with Crippen LogP contribution in [0.2, 0.25) is 0 Å². The zero-order valence-electron chi connectivity index (χ0n) is 19.3.